The summed E-state index contributed by atoms with van der Waals surface area (Å²) in [5.74, 6) is -0.0887. The van der Waals surface area contributed by atoms with E-state index < -0.39 is 5.82 Å². The monoisotopic (exact) mass is 343 g/mol. The van der Waals surface area contributed by atoms with Crippen LogP contribution >= 0.6 is 15.9 Å². The van der Waals surface area contributed by atoms with Gasteiger partial charge in [0, 0.05) is 16.9 Å². The molecule has 1 aliphatic rings. The molecule has 1 saturated carbocycles. The number of carbonyl (C=O) groups excluding carboxylic acids is 1. The van der Waals surface area contributed by atoms with Crippen LogP contribution in [-0.4, -0.2) is 24.4 Å². The highest BCUT2D eigenvalue weighted by atomic mass is 79.9. The Hall–Kier alpha value is -1.10. The van der Waals surface area contributed by atoms with E-state index in [0.717, 1.165) is 12.8 Å². The Bertz CT molecular complexity index is 481. The number of methoxy groups -OCH3 is 1. The third-order valence-electron chi connectivity index (χ3n) is 3.75. The van der Waals surface area contributed by atoms with Crippen LogP contribution in [0.15, 0.2) is 18.2 Å². The van der Waals surface area contributed by atoms with Crippen molar-refractivity contribution >= 4 is 21.8 Å². The summed E-state index contributed by atoms with van der Waals surface area (Å²) in [6.07, 6.45) is 4.75. The topological polar surface area (TPSA) is 38.3 Å². The van der Waals surface area contributed by atoms with E-state index in [-0.39, 0.29) is 11.7 Å². The fourth-order valence-corrected chi connectivity index (χ4v) is 3.29. The first-order valence-electron chi connectivity index (χ1n) is 6.87. The molecule has 0 aromatic heterocycles. The van der Waals surface area contributed by atoms with Crippen molar-refractivity contribution in [3.8, 4) is 5.75 Å². The molecule has 110 valence electrons. The van der Waals surface area contributed by atoms with E-state index in [9.17, 15) is 9.18 Å². The maximum absolute atomic E-state index is 13.3. The van der Waals surface area contributed by atoms with E-state index in [0.29, 0.717) is 22.9 Å². The van der Waals surface area contributed by atoms with Crippen molar-refractivity contribution in [1.29, 1.82) is 0 Å². The van der Waals surface area contributed by atoms with E-state index in [1.165, 1.54) is 38.2 Å². The molecule has 1 aromatic carbocycles. The van der Waals surface area contributed by atoms with Crippen LogP contribution in [0.1, 0.15) is 36.0 Å². The second-order valence-corrected chi connectivity index (χ2v) is 6.30. The standard InChI is InChI=1S/C15H19BrFNO2/c1-20-14-8-10(6-7-13(14)17)15(19)18-9-11-4-2-3-5-12(11)16/h6-8,11-12H,2-5,9H2,1H3,(H,18,19). The molecule has 20 heavy (non-hydrogen) atoms. The molecule has 0 bridgehead atoms. The Labute approximate surface area is 127 Å². The predicted molar refractivity (Wildman–Crippen MR) is 80.0 cm³/mol. The van der Waals surface area contributed by atoms with E-state index in [4.69, 9.17) is 4.74 Å². The lowest BCUT2D eigenvalue weighted by molar-refractivity contribution is 0.0944. The highest BCUT2D eigenvalue weighted by Crippen LogP contribution is 2.29. The van der Waals surface area contributed by atoms with Crippen molar-refractivity contribution in [2.45, 2.75) is 30.5 Å². The van der Waals surface area contributed by atoms with Crippen LogP contribution in [0, 0.1) is 11.7 Å². The summed E-state index contributed by atoms with van der Waals surface area (Å²) in [5, 5.41) is 2.92. The fourth-order valence-electron chi connectivity index (χ4n) is 2.52. The van der Waals surface area contributed by atoms with Crippen molar-refractivity contribution < 1.29 is 13.9 Å². The van der Waals surface area contributed by atoms with Crippen LogP contribution < -0.4 is 10.1 Å². The van der Waals surface area contributed by atoms with Gasteiger partial charge in [-0.05, 0) is 37.0 Å². The third kappa shape index (κ3) is 3.72. The number of amides is 1. The van der Waals surface area contributed by atoms with Gasteiger partial charge in [-0.15, -0.1) is 0 Å². The van der Waals surface area contributed by atoms with Crippen molar-refractivity contribution in [3.05, 3.63) is 29.6 Å². The lowest BCUT2D eigenvalue weighted by atomic mass is 9.89. The minimum Gasteiger partial charge on any atom is -0.494 e. The first-order valence-corrected chi connectivity index (χ1v) is 7.79. The Balaban J connectivity index is 1.94. The summed E-state index contributed by atoms with van der Waals surface area (Å²) in [7, 11) is 1.39. The molecule has 0 heterocycles. The summed E-state index contributed by atoms with van der Waals surface area (Å²) in [6.45, 7) is 0.647. The van der Waals surface area contributed by atoms with E-state index in [1.54, 1.807) is 0 Å². The molecule has 0 aliphatic heterocycles. The molecular weight excluding hydrogens is 325 g/mol. The second kappa shape index (κ2) is 7.07. The van der Waals surface area contributed by atoms with Gasteiger partial charge in [-0.2, -0.15) is 0 Å². The average Bonchev–Trinajstić information content (AvgIpc) is 2.46. The van der Waals surface area contributed by atoms with Crippen LogP contribution in [0.5, 0.6) is 5.75 Å². The second-order valence-electron chi connectivity index (χ2n) is 5.12. The van der Waals surface area contributed by atoms with Crippen LogP contribution in [0.4, 0.5) is 4.39 Å². The molecule has 1 aromatic rings. The highest BCUT2D eigenvalue weighted by molar-refractivity contribution is 9.09. The first-order chi connectivity index (χ1) is 9.61. The molecule has 2 atom stereocenters. The number of nitrogens with one attached hydrogen (secondary N) is 1. The van der Waals surface area contributed by atoms with Gasteiger partial charge in [0.05, 0.1) is 7.11 Å². The lowest BCUT2D eigenvalue weighted by Crippen LogP contribution is -2.34. The summed E-state index contributed by atoms with van der Waals surface area (Å²) in [6, 6.07) is 4.15. The maximum atomic E-state index is 13.3. The molecule has 5 heteroatoms. The molecule has 0 saturated heterocycles. The van der Waals surface area contributed by atoms with Crippen molar-refractivity contribution in [1.82, 2.24) is 5.32 Å². The zero-order valence-electron chi connectivity index (χ0n) is 11.5. The Morgan fingerprint density at radius 2 is 2.20 bits per heavy atom. The number of hydrogen-bond donors (Lipinski definition) is 1. The lowest BCUT2D eigenvalue weighted by Gasteiger charge is -2.27. The molecule has 1 N–H and O–H groups in total. The van der Waals surface area contributed by atoms with Gasteiger partial charge >= 0.3 is 0 Å². The molecule has 3 nitrogen and oxygen atoms in total. The Morgan fingerprint density at radius 1 is 1.45 bits per heavy atom. The fraction of sp³-hybridized carbons (Fsp3) is 0.533. The van der Waals surface area contributed by atoms with Gasteiger partial charge < -0.3 is 10.1 Å². The van der Waals surface area contributed by atoms with Crippen molar-refractivity contribution in [2.24, 2.45) is 5.92 Å². The Morgan fingerprint density at radius 3 is 2.90 bits per heavy atom. The molecule has 1 aliphatic carbocycles. The highest BCUT2D eigenvalue weighted by Gasteiger charge is 2.23. The van der Waals surface area contributed by atoms with E-state index in [1.807, 2.05) is 0 Å². The number of carbonyl (C=O) groups is 1. The molecule has 2 unspecified atom stereocenters. The number of benzene rings is 1. The van der Waals surface area contributed by atoms with Crippen LogP contribution in [0.3, 0.4) is 0 Å². The molecule has 1 amide bonds. The summed E-state index contributed by atoms with van der Waals surface area (Å²) < 4.78 is 18.2. The minimum atomic E-state index is -0.461. The molecule has 2 rings (SSSR count). The van der Waals surface area contributed by atoms with Crippen LogP contribution in [-0.2, 0) is 0 Å². The SMILES string of the molecule is COc1cc(C(=O)NCC2CCCCC2Br)ccc1F. The molecule has 1 fully saturated rings. The smallest absolute Gasteiger partial charge is 0.251 e. The summed E-state index contributed by atoms with van der Waals surface area (Å²) in [5.41, 5.74) is 0.421. The largest absolute Gasteiger partial charge is 0.494 e. The number of rotatable bonds is 4. The Kier molecular flexibility index (Phi) is 5.40. The van der Waals surface area contributed by atoms with Crippen LogP contribution in [0.2, 0.25) is 0 Å². The van der Waals surface area contributed by atoms with Gasteiger partial charge in [0.15, 0.2) is 11.6 Å². The molecule has 0 spiro atoms. The van der Waals surface area contributed by atoms with Crippen LogP contribution in [0.25, 0.3) is 0 Å². The normalized spacial score (nSPS) is 22.4. The number of hydrogen-bond acceptors (Lipinski definition) is 2. The van der Waals surface area contributed by atoms with Gasteiger partial charge in [0.25, 0.3) is 5.91 Å². The van der Waals surface area contributed by atoms with E-state index >= 15 is 0 Å². The zero-order valence-corrected chi connectivity index (χ0v) is 13.1. The number of ether oxygens (including phenoxy) is 1. The average molecular weight is 344 g/mol. The van der Waals surface area contributed by atoms with Gasteiger partial charge in [-0.3, -0.25) is 4.79 Å². The molecule has 0 radical (unpaired) electrons. The zero-order chi connectivity index (χ0) is 14.5. The third-order valence-corrected chi connectivity index (χ3v) is 4.96. The predicted octanol–water partition coefficient (Wildman–Crippen LogP) is 3.52. The van der Waals surface area contributed by atoms with Gasteiger partial charge in [-0.25, -0.2) is 4.39 Å². The van der Waals surface area contributed by atoms with Gasteiger partial charge in [-0.1, -0.05) is 28.8 Å². The van der Waals surface area contributed by atoms with Gasteiger partial charge in [0.1, 0.15) is 0 Å². The number of halogens is 2. The maximum Gasteiger partial charge on any atom is 0.251 e. The van der Waals surface area contributed by atoms with Gasteiger partial charge in [0.2, 0.25) is 0 Å². The summed E-state index contributed by atoms with van der Waals surface area (Å²) >= 11 is 3.67. The van der Waals surface area contributed by atoms with Crippen molar-refractivity contribution in [3.63, 3.8) is 0 Å². The quantitative estimate of drug-likeness (QED) is 0.849. The van der Waals surface area contributed by atoms with E-state index in [2.05, 4.69) is 21.2 Å². The summed E-state index contributed by atoms with van der Waals surface area (Å²) in [4.78, 5) is 12.5. The first kappa shape index (κ1) is 15.3. The minimum absolute atomic E-state index is 0.0914. The number of alkyl halides is 1. The van der Waals surface area contributed by atoms with Crippen molar-refractivity contribution in [2.75, 3.05) is 13.7 Å². The molecular formula is C15H19BrFNO2.